The summed E-state index contributed by atoms with van der Waals surface area (Å²) in [5.41, 5.74) is 0.504. The van der Waals surface area contributed by atoms with Crippen LogP contribution in [0.3, 0.4) is 0 Å². The van der Waals surface area contributed by atoms with Crippen molar-refractivity contribution in [3.63, 3.8) is 0 Å². The number of carbonyl (C=O) groups is 3. The molecule has 2 aromatic rings. The van der Waals surface area contributed by atoms with Crippen LogP contribution in [0, 0.1) is 0 Å². The molecule has 1 heterocycles. The third-order valence-electron chi connectivity index (χ3n) is 3.06. The molecule has 0 atom stereocenters. The van der Waals surface area contributed by atoms with Gasteiger partial charge >= 0.3 is 17.8 Å². The van der Waals surface area contributed by atoms with Crippen LogP contribution in [0.15, 0.2) is 28.8 Å². The van der Waals surface area contributed by atoms with Gasteiger partial charge < -0.3 is 24.6 Å². The summed E-state index contributed by atoms with van der Waals surface area (Å²) in [6.07, 6.45) is 0.0340. The smallest absolute Gasteiger partial charge is 0.316 e. The highest BCUT2D eigenvalue weighted by Gasteiger charge is 2.16. The van der Waals surface area contributed by atoms with E-state index in [2.05, 4.69) is 25.5 Å². The second kappa shape index (κ2) is 9.16. The van der Waals surface area contributed by atoms with E-state index in [1.807, 2.05) is 0 Å². The first-order valence-electron chi connectivity index (χ1n) is 7.66. The first kappa shape index (κ1) is 18.9. The van der Waals surface area contributed by atoms with E-state index in [-0.39, 0.29) is 37.2 Å². The topological polar surface area (TPSA) is 133 Å². The molecule has 0 fully saturated rings. The molecule has 0 aliphatic rings. The molecule has 2 amide bonds. The molecule has 0 bridgehead atoms. The zero-order valence-corrected chi connectivity index (χ0v) is 14.3. The number of ether oxygens (including phenoxy) is 2. The van der Waals surface area contributed by atoms with Gasteiger partial charge in [-0.1, -0.05) is 17.3 Å². The molecule has 1 aromatic heterocycles. The van der Waals surface area contributed by atoms with Crippen LogP contribution in [0.4, 0.5) is 5.69 Å². The van der Waals surface area contributed by atoms with E-state index in [1.165, 1.54) is 14.0 Å². The normalized spacial score (nSPS) is 10.1. The molecule has 0 unspecified atom stereocenters. The molecule has 0 spiro atoms. The predicted molar refractivity (Wildman–Crippen MR) is 88.3 cm³/mol. The van der Waals surface area contributed by atoms with Crippen molar-refractivity contribution in [3.8, 4) is 5.75 Å². The summed E-state index contributed by atoms with van der Waals surface area (Å²) in [7, 11) is 1.26. The van der Waals surface area contributed by atoms with Gasteiger partial charge in [0, 0.05) is 13.5 Å². The van der Waals surface area contributed by atoms with Crippen molar-refractivity contribution in [2.45, 2.75) is 20.0 Å². The summed E-state index contributed by atoms with van der Waals surface area (Å²) in [6, 6.07) is 6.86. The maximum absolute atomic E-state index is 11.8. The number of amides is 2. The van der Waals surface area contributed by atoms with Crippen molar-refractivity contribution in [1.29, 1.82) is 0 Å². The monoisotopic (exact) mass is 362 g/mol. The van der Waals surface area contributed by atoms with Crippen molar-refractivity contribution in [2.75, 3.05) is 19.0 Å². The van der Waals surface area contributed by atoms with Gasteiger partial charge in [-0.2, -0.15) is 4.98 Å². The number of benzene rings is 1. The van der Waals surface area contributed by atoms with E-state index in [0.717, 1.165) is 0 Å². The molecule has 10 nitrogen and oxygen atoms in total. The molecule has 1 aromatic carbocycles. The number of hydrogen-bond donors (Lipinski definition) is 2. The number of nitrogens with one attached hydrogen (secondary N) is 2. The van der Waals surface area contributed by atoms with Gasteiger partial charge in [0.1, 0.15) is 5.75 Å². The minimum atomic E-state index is -0.605. The lowest BCUT2D eigenvalue weighted by atomic mass is 10.3. The Morgan fingerprint density at radius 1 is 1.23 bits per heavy atom. The molecular weight excluding hydrogens is 344 g/mol. The lowest BCUT2D eigenvalue weighted by Crippen LogP contribution is -2.26. The lowest BCUT2D eigenvalue weighted by molar-refractivity contribution is -0.140. The van der Waals surface area contributed by atoms with Gasteiger partial charge in [-0.3, -0.25) is 14.4 Å². The third kappa shape index (κ3) is 5.58. The Morgan fingerprint density at radius 3 is 2.73 bits per heavy atom. The predicted octanol–water partition coefficient (Wildman–Crippen LogP) is 0.900. The molecule has 0 aliphatic heterocycles. The number of hydrogen-bond acceptors (Lipinski definition) is 8. The van der Waals surface area contributed by atoms with Crippen LogP contribution in [0.1, 0.15) is 29.9 Å². The van der Waals surface area contributed by atoms with E-state index >= 15 is 0 Å². The Balaban J connectivity index is 1.89. The number of rotatable bonds is 8. The molecule has 0 radical (unpaired) electrons. The Kier molecular flexibility index (Phi) is 6.66. The standard InChI is InChI=1S/C16H18N4O6/c1-10(21)18-11-5-3-4-6-12(11)25-9-13-19-16(26-20-13)15(23)17-8-7-14(22)24-2/h3-6H,7-9H2,1-2H3,(H,17,23)(H,18,21). The van der Waals surface area contributed by atoms with Gasteiger partial charge in [0.25, 0.3) is 0 Å². The summed E-state index contributed by atoms with van der Waals surface area (Å²) in [6.45, 7) is 1.42. The molecule has 0 aliphatic carbocycles. The molecule has 10 heteroatoms. The summed E-state index contributed by atoms with van der Waals surface area (Å²) >= 11 is 0. The van der Waals surface area contributed by atoms with Crippen molar-refractivity contribution in [1.82, 2.24) is 15.5 Å². The zero-order chi connectivity index (χ0) is 18.9. The number of methoxy groups -OCH3 is 1. The van der Waals surface area contributed by atoms with Crippen molar-refractivity contribution in [3.05, 3.63) is 36.0 Å². The average molecular weight is 362 g/mol. The van der Waals surface area contributed by atoms with E-state index in [9.17, 15) is 14.4 Å². The molecule has 138 valence electrons. The Hall–Kier alpha value is -3.43. The van der Waals surface area contributed by atoms with Gasteiger partial charge in [0.05, 0.1) is 19.2 Å². The molecular formula is C16H18N4O6. The fourth-order valence-corrected chi connectivity index (χ4v) is 1.89. The second-order valence-electron chi connectivity index (χ2n) is 5.06. The van der Waals surface area contributed by atoms with Gasteiger partial charge in [0.15, 0.2) is 6.61 Å². The molecule has 26 heavy (non-hydrogen) atoms. The lowest BCUT2D eigenvalue weighted by Gasteiger charge is -2.09. The molecule has 2 N–H and O–H groups in total. The van der Waals surface area contributed by atoms with Crippen LogP contribution >= 0.6 is 0 Å². The van der Waals surface area contributed by atoms with Gasteiger partial charge in [-0.15, -0.1) is 0 Å². The minimum Gasteiger partial charge on any atom is -0.483 e. The quantitative estimate of drug-likeness (QED) is 0.662. The fraction of sp³-hybridized carbons (Fsp3) is 0.312. The zero-order valence-electron chi connectivity index (χ0n) is 14.3. The average Bonchev–Trinajstić information content (AvgIpc) is 3.09. The molecule has 0 saturated carbocycles. The van der Waals surface area contributed by atoms with Crippen molar-refractivity contribution in [2.24, 2.45) is 0 Å². The van der Waals surface area contributed by atoms with Crippen LogP contribution in [0.2, 0.25) is 0 Å². The number of para-hydroxylation sites is 2. The van der Waals surface area contributed by atoms with Crippen molar-refractivity contribution < 1.29 is 28.4 Å². The van der Waals surface area contributed by atoms with Crippen LogP contribution in [-0.2, 0) is 20.9 Å². The third-order valence-corrected chi connectivity index (χ3v) is 3.06. The highest BCUT2D eigenvalue weighted by Crippen LogP contribution is 2.24. The largest absolute Gasteiger partial charge is 0.483 e. The summed E-state index contributed by atoms with van der Waals surface area (Å²) in [4.78, 5) is 37.9. The van der Waals surface area contributed by atoms with Crippen LogP contribution in [0.25, 0.3) is 0 Å². The first-order valence-corrected chi connectivity index (χ1v) is 7.66. The minimum absolute atomic E-state index is 0.0340. The molecule has 0 saturated heterocycles. The van der Waals surface area contributed by atoms with Gasteiger partial charge in [-0.05, 0) is 12.1 Å². The Labute approximate surface area is 148 Å². The van der Waals surface area contributed by atoms with E-state index in [1.54, 1.807) is 24.3 Å². The SMILES string of the molecule is COC(=O)CCNC(=O)c1nc(COc2ccccc2NC(C)=O)no1. The maximum atomic E-state index is 11.8. The Bertz CT molecular complexity index is 789. The summed E-state index contributed by atoms with van der Waals surface area (Å²) < 4.78 is 14.9. The number of anilines is 1. The first-order chi connectivity index (χ1) is 12.5. The number of carbonyl (C=O) groups excluding carboxylic acids is 3. The highest BCUT2D eigenvalue weighted by atomic mass is 16.5. The van der Waals surface area contributed by atoms with E-state index < -0.39 is 11.9 Å². The van der Waals surface area contributed by atoms with E-state index in [0.29, 0.717) is 11.4 Å². The van der Waals surface area contributed by atoms with Crippen LogP contribution in [-0.4, -0.2) is 41.6 Å². The number of aromatic nitrogens is 2. The van der Waals surface area contributed by atoms with Gasteiger partial charge in [0.2, 0.25) is 11.7 Å². The maximum Gasteiger partial charge on any atom is 0.316 e. The fourth-order valence-electron chi connectivity index (χ4n) is 1.89. The second-order valence-corrected chi connectivity index (χ2v) is 5.06. The summed E-state index contributed by atoms with van der Waals surface area (Å²) in [5.74, 6) is -0.943. The summed E-state index contributed by atoms with van der Waals surface area (Å²) in [5, 5.41) is 8.75. The van der Waals surface area contributed by atoms with Crippen molar-refractivity contribution >= 4 is 23.5 Å². The highest BCUT2D eigenvalue weighted by molar-refractivity contribution is 5.90. The van der Waals surface area contributed by atoms with Gasteiger partial charge in [-0.25, -0.2) is 0 Å². The number of nitrogens with zero attached hydrogens (tertiary/aromatic N) is 2. The van der Waals surface area contributed by atoms with Crippen LogP contribution < -0.4 is 15.4 Å². The van der Waals surface area contributed by atoms with E-state index in [4.69, 9.17) is 9.26 Å². The van der Waals surface area contributed by atoms with Crippen LogP contribution in [0.5, 0.6) is 5.75 Å². The number of esters is 1. The Morgan fingerprint density at radius 2 is 2.00 bits per heavy atom. The molecule has 2 rings (SSSR count).